The molecule has 0 fully saturated rings. The van der Waals surface area contributed by atoms with Crippen LogP contribution in [0.25, 0.3) is 5.65 Å². The van der Waals surface area contributed by atoms with E-state index in [0.29, 0.717) is 6.07 Å². The van der Waals surface area contributed by atoms with Crippen molar-refractivity contribution in [3.63, 3.8) is 0 Å². The molecule has 0 bridgehead atoms. The first-order valence-corrected chi connectivity index (χ1v) is 4.69. The third kappa shape index (κ3) is 1.88. The predicted molar refractivity (Wildman–Crippen MR) is 53.9 cm³/mol. The summed E-state index contributed by atoms with van der Waals surface area (Å²) in [5.74, 6) is -0.884. The highest BCUT2D eigenvalue weighted by molar-refractivity contribution is 7.71. The number of hydrogen-bond donors (Lipinski definition) is 2. The summed E-state index contributed by atoms with van der Waals surface area (Å²) in [7, 11) is 0. The number of nitrogens with one attached hydrogen (secondary N) is 1. The second-order valence-electron chi connectivity index (χ2n) is 3.19. The molecule has 2 aromatic heterocycles. The lowest BCUT2D eigenvalue weighted by molar-refractivity contribution is -0.141. The fourth-order valence-corrected chi connectivity index (χ4v) is 1.56. The maximum Gasteiger partial charge on any atom is 0.433 e. The molecule has 0 atom stereocenters. The Labute approximate surface area is 97.0 Å². The highest BCUT2D eigenvalue weighted by Gasteiger charge is 2.33. The molecule has 0 aliphatic carbocycles. The molecule has 2 aromatic rings. The average Bonchev–Trinajstić information content (AvgIpc) is 2.60. The zero-order chi connectivity index (χ0) is 12.8. The van der Waals surface area contributed by atoms with Crippen LogP contribution in [0.1, 0.15) is 16.1 Å². The van der Waals surface area contributed by atoms with E-state index in [9.17, 15) is 18.0 Å². The van der Waals surface area contributed by atoms with Crippen LogP contribution < -0.4 is 5.73 Å². The zero-order valence-corrected chi connectivity index (χ0v) is 8.89. The van der Waals surface area contributed by atoms with Gasteiger partial charge in [-0.1, -0.05) is 12.2 Å². The number of alkyl halides is 3. The number of rotatable bonds is 1. The first kappa shape index (κ1) is 11.6. The van der Waals surface area contributed by atoms with E-state index in [2.05, 4.69) is 10.1 Å². The molecule has 2 heterocycles. The van der Waals surface area contributed by atoms with Crippen LogP contribution in [0.2, 0.25) is 0 Å². The van der Waals surface area contributed by atoms with Crippen LogP contribution in [0.5, 0.6) is 0 Å². The highest BCUT2D eigenvalue weighted by Crippen LogP contribution is 2.28. The summed E-state index contributed by atoms with van der Waals surface area (Å²) in [5.41, 5.74) is 3.45. The van der Waals surface area contributed by atoms with Gasteiger partial charge in [0.1, 0.15) is 15.9 Å². The third-order valence-electron chi connectivity index (χ3n) is 2.05. The highest BCUT2D eigenvalue weighted by atomic mass is 32.1. The van der Waals surface area contributed by atoms with E-state index >= 15 is 0 Å². The Morgan fingerprint density at radius 2 is 2.18 bits per heavy atom. The lowest BCUT2D eigenvalue weighted by atomic mass is 10.3. The Bertz CT molecular complexity index is 657. The topological polar surface area (TPSA) is 76.2 Å². The van der Waals surface area contributed by atoms with Crippen molar-refractivity contribution in [3.8, 4) is 0 Å². The van der Waals surface area contributed by atoms with Gasteiger partial charge in [-0.3, -0.25) is 9.89 Å². The van der Waals surface area contributed by atoms with E-state index in [4.69, 9.17) is 18.0 Å². The molecule has 5 nitrogen and oxygen atoms in total. The van der Waals surface area contributed by atoms with Crippen molar-refractivity contribution in [2.75, 3.05) is 0 Å². The van der Waals surface area contributed by atoms with Gasteiger partial charge >= 0.3 is 6.18 Å². The number of H-pyrrole nitrogens is 1. The largest absolute Gasteiger partial charge is 0.433 e. The van der Waals surface area contributed by atoms with Gasteiger partial charge in [-0.2, -0.15) is 13.2 Å². The summed E-state index contributed by atoms with van der Waals surface area (Å²) < 4.78 is 38.4. The second-order valence-corrected chi connectivity index (χ2v) is 3.61. The number of nitrogens with two attached hydrogens (primary N) is 1. The van der Waals surface area contributed by atoms with Gasteiger partial charge in [-0.25, -0.2) is 9.50 Å². The Morgan fingerprint density at radius 3 is 2.71 bits per heavy atom. The van der Waals surface area contributed by atoms with Crippen molar-refractivity contribution in [1.29, 1.82) is 0 Å². The van der Waals surface area contributed by atoms with Crippen LogP contribution in [-0.2, 0) is 6.18 Å². The molecular weight excluding hydrogens is 257 g/mol. The van der Waals surface area contributed by atoms with Crippen LogP contribution in [0.3, 0.4) is 0 Å². The van der Waals surface area contributed by atoms with Crippen molar-refractivity contribution < 1.29 is 18.0 Å². The fourth-order valence-electron chi connectivity index (χ4n) is 1.31. The number of fused-ring (bicyclic) bond motifs is 1. The molecule has 90 valence electrons. The van der Waals surface area contributed by atoms with Crippen molar-refractivity contribution in [2.45, 2.75) is 6.18 Å². The number of carbonyl (C=O) groups excluding carboxylic acids is 1. The van der Waals surface area contributed by atoms with Crippen molar-refractivity contribution in [2.24, 2.45) is 5.73 Å². The van der Waals surface area contributed by atoms with Crippen molar-refractivity contribution in [1.82, 2.24) is 14.6 Å². The van der Waals surface area contributed by atoms with E-state index in [1.54, 1.807) is 0 Å². The number of aromatic amines is 1. The molecule has 1 amide bonds. The van der Waals surface area contributed by atoms with Crippen LogP contribution in [0.4, 0.5) is 13.2 Å². The van der Waals surface area contributed by atoms with Gasteiger partial charge < -0.3 is 5.73 Å². The minimum Gasteiger partial charge on any atom is -0.365 e. The number of hydrogen-bond acceptors (Lipinski definition) is 3. The molecule has 0 radical (unpaired) electrons. The summed E-state index contributed by atoms with van der Waals surface area (Å²) >= 11 is 4.75. The van der Waals surface area contributed by atoms with Crippen LogP contribution >= 0.6 is 12.2 Å². The Balaban J connectivity index is 2.83. The Morgan fingerprint density at radius 1 is 1.53 bits per heavy atom. The maximum atomic E-state index is 12.5. The van der Waals surface area contributed by atoms with E-state index in [0.717, 1.165) is 10.7 Å². The van der Waals surface area contributed by atoms with E-state index < -0.39 is 17.8 Å². The van der Waals surface area contributed by atoms with E-state index in [-0.39, 0.29) is 15.9 Å². The normalized spacial score (nSPS) is 11.9. The number of primary amides is 1. The molecule has 9 heteroatoms. The number of nitrogens with zero attached hydrogens (tertiary/aromatic N) is 2. The fraction of sp³-hybridized carbons (Fsp3) is 0.125. The quantitative estimate of drug-likeness (QED) is 0.765. The summed E-state index contributed by atoms with van der Waals surface area (Å²) in [6, 6.07) is 0.698. The second kappa shape index (κ2) is 3.55. The minimum atomic E-state index is -4.63. The van der Waals surface area contributed by atoms with Gasteiger partial charge in [0.2, 0.25) is 0 Å². The molecule has 2 rings (SSSR count). The molecule has 0 aliphatic heterocycles. The molecule has 0 unspecified atom stereocenters. The standard InChI is InChI=1S/C8H5F3N4OS/c9-8(10,11)4-1-5(17)15-7(14-4)3(2-13-15)6(12)16/h1-2,13H,(H2,12,16). The number of halogens is 3. The third-order valence-corrected chi connectivity index (χ3v) is 2.35. The SMILES string of the molecule is NC(=O)c1c[nH]n2c(=S)cc(C(F)(F)F)nc12. The van der Waals surface area contributed by atoms with Crippen molar-refractivity contribution in [3.05, 3.63) is 28.2 Å². The zero-order valence-electron chi connectivity index (χ0n) is 8.08. The summed E-state index contributed by atoms with van der Waals surface area (Å²) in [6.07, 6.45) is -3.48. The molecule has 0 saturated heterocycles. The lowest BCUT2D eigenvalue weighted by Gasteiger charge is -2.05. The first-order chi connectivity index (χ1) is 7.80. The molecule has 3 N–H and O–H groups in total. The van der Waals surface area contributed by atoms with Gasteiger partial charge in [-0.05, 0) is 0 Å². The minimum absolute atomic E-state index is 0.144. The molecule has 17 heavy (non-hydrogen) atoms. The number of amides is 1. The lowest BCUT2D eigenvalue weighted by Crippen LogP contribution is -2.13. The van der Waals surface area contributed by atoms with Crippen molar-refractivity contribution >= 4 is 23.8 Å². The smallest absolute Gasteiger partial charge is 0.365 e. The van der Waals surface area contributed by atoms with E-state index in [1.807, 2.05) is 0 Å². The van der Waals surface area contributed by atoms with Gasteiger partial charge in [0.05, 0.1) is 0 Å². The Kier molecular flexibility index (Phi) is 2.42. The molecular formula is C8H5F3N4OS. The maximum absolute atomic E-state index is 12.5. The Hall–Kier alpha value is -1.90. The number of carbonyl (C=O) groups is 1. The first-order valence-electron chi connectivity index (χ1n) is 4.29. The molecule has 0 spiro atoms. The summed E-state index contributed by atoms with van der Waals surface area (Å²) in [4.78, 5) is 14.3. The predicted octanol–water partition coefficient (Wildman–Crippen LogP) is 1.51. The molecule has 0 aromatic carbocycles. The van der Waals surface area contributed by atoms with Gasteiger partial charge in [0.25, 0.3) is 5.91 Å². The van der Waals surface area contributed by atoms with Crippen LogP contribution in [-0.4, -0.2) is 20.5 Å². The van der Waals surface area contributed by atoms with Gasteiger partial charge in [0.15, 0.2) is 5.65 Å². The summed E-state index contributed by atoms with van der Waals surface area (Å²) in [6.45, 7) is 0. The number of aromatic nitrogens is 3. The molecule has 0 saturated carbocycles. The monoisotopic (exact) mass is 262 g/mol. The van der Waals surface area contributed by atoms with Crippen LogP contribution in [0.15, 0.2) is 12.3 Å². The van der Waals surface area contributed by atoms with Gasteiger partial charge in [-0.15, -0.1) is 0 Å². The van der Waals surface area contributed by atoms with E-state index in [1.165, 1.54) is 0 Å². The van der Waals surface area contributed by atoms with Crippen LogP contribution in [0, 0.1) is 4.64 Å². The molecule has 0 aliphatic rings. The van der Waals surface area contributed by atoms with Gasteiger partial charge in [0, 0.05) is 12.3 Å². The average molecular weight is 262 g/mol. The summed E-state index contributed by atoms with van der Waals surface area (Å²) in [5, 5.41) is 2.50.